The van der Waals surface area contributed by atoms with Gasteiger partial charge in [-0.3, -0.25) is 0 Å². The minimum Gasteiger partial charge on any atom is -0.310 e. The molecule has 1 aliphatic rings. The quantitative estimate of drug-likeness (QED) is 0.632. The molecule has 0 atom stereocenters. The monoisotopic (exact) mass is 515 g/mol. The molecular formula is C26H33N3O4S2. The molecule has 188 valence electrons. The summed E-state index contributed by atoms with van der Waals surface area (Å²) >= 11 is 0. The Morgan fingerprint density at radius 2 is 0.857 bits per heavy atom. The molecule has 9 heteroatoms. The number of sulfonamides is 2. The molecule has 0 aliphatic carbocycles. The second-order valence-corrected chi connectivity index (χ2v) is 12.2. The standard InChI is InChI=1S/C26H33N3O4S2/c1-23-9-13-25(14-10-23)34(30,31)28-19-5-3-17-27-18-4-6-20-29(22-8-7-21-28)35(32,33)26-15-11-24(2)12-16-26/h3-16,27H,17-22H2,1-2H3/b5-3+,6-4+,8-7+. The van der Waals surface area contributed by atoms with Gasteiger partial charge >= 0.3 is 0 Å². The molecule has 0 spiro atoms. The van der Waals surface area contributed by atoms with Crippen LogP contribution in [0.3, 0.4) is 0 Å². The fraction of sp³-hybridized carbons (Fsp3) is 0.308. The van der Waals surface area contributed by atoms with Crippen LogP contribution in [0, 0.1) is 13.8 Å². The SMILES string of the molecule is Cc1ccc(S(=O)(=O)N2C/C=C/CNC/C=C/CN(S(=O)(=O)c3ccc(C)cc3)C/C=C/C2)cc1. The molecule has 0 saturated carbocycles. The summed E-state index contributed by atoms with van der Waals surface area (Å²) < 4.78 is 55.8. The molecule has 7 nitrogen and oxygen atoms in total. The lowest BCUT2D eigenvalue weighted by atomic mass is 10.2. The van der Waals surface area contributed by atoms with Crippen molar-refractivity contribution in [1.82, 2.24) is 13.9 Å². The van der Waals surface area contributed by atoms with E-state index >= 15 is 0 Å². The highest BCUT2D eigenvalue weighted by atomic mass is 32.2. The average molecular weight is 516 g/mol. The summed E-state index contributed by atoms with van der Waals surface area (Å²) in [6.45, 7) is 5.64. The third-order valence-corrected chi connectivity index (χ3v) is 9.27. The van der Waals surface area contributed by atoms with E-state index in [0.29, 0.717) is 13.1 Å². The van der Waals surface area contributed by atoms with Crippen molar-refractivity contribution in [3.05, 3.63) is 96.1 Å². The second kappa shape index (κ2) is 12.4. The van der Waals surface area contributed by atoms with Crippen molar-refractivity contribution in [2.75, 3.05) is 39.3 Å². The van der Waals surface area contributed by atoms with E-state index in [9.17, 15) is 16.8 Å². The van der Waals surface area contributed by atoms with Crippen molar-refractivity contribution in [2.45, 2.75) is 23.6 Å². The van der Waals surface area contributed by atoms with Crippen LogP contribution in [0.2, 0.25) is 0 Å². The molecule has 0 radical (unpaired) electrons. The fourth-order valence-corrected chi connectivity index (χ4v) is 6.13. The largest absolute Gasteiger partial charge is 0.310 e. The molecule has 3 rings (SSSR count). The predicted molar refractivity (Wildman–Crippen MR) is 140 cm³/mol. The third-order valence-electron chi connectivity index (χ3n) is 5.58. The summed E-state index contributed by atoms with van der Waals surface area (Å²) in [7, 11) is -7.43. The summed E-state index contributed by atoms with van der Waals surface area (Å²) in [6.07, 6.45) is 10.8. The Hall–Kier alpha value is -2.56. The van der Waals surface area contributed by atoms with Crippen LogP contribution >= 0.6 is 0 Å². The van der Waals surface area contributed by atoms with Crippen LogP contribution in [0.5, 0.6) is 0 Å². The first kappa shape index (κ1) is 27.0. The van der Waals surface area contributed by atoms with E-state index in [1.54, 1.807) is 60.7 Å². The predicted octanol–water partition coefficient (Wildman–Crippen LogP) is 3.26. The molecule has 0 fully saturated rings. The van der Waals surface area contributed by atoms with Crippen molar-refractivity contribution in [1.29, 1.82) is 0 Å². The first-order valence-corrected chi connectivity index (χ1v) is 14.4. The maximum absolute atomic E-state index is 13.3. The van der Waals surface area contributed by atoms with E-state index in [-0.39, 0.29) is 36.0 Å². The average Bonchev–Trinajstić information content (AvgIpc) is 2.83. The number of nitrogens with zero attached hydrogens (tertiary/aromatic N) is 2. The van der Waals surface area contributed by atoms with Crippen LogP contribution < -0.4 is 5.32 Å². The van der Waals surface area contributed by atoms with Gasteiger partial charge in [-0.2, -0.15) is 8.61 Å². The Morgan fingerprint density at radius 3 is 1.20 bits per heavy atom. The maximum atomic E-state index is 13.3. The molecule has 1 aliphatic heterocycles. The van der Waals surface area contributed by atoms with Gasteiger partial charge in [0.15, 0.2) is 0 Å². The maximum Gasteiger partial charge on any atom is 0.243 e. The van der Waals surface area contributed by atoms with E-state index in [1.165, 1.54) is 8.61 Å². The van der Waals surface area contributed by atoms with E-state index in [4.69, 9.17) is 0 Å². The molecule has 1 N–H and O–H groups in total. The molecule has 35 heavy (non-hydrogen) atoms. The number of hydrogen-bond donors (Lipinski definition) is 1. The van der Waals surface area contributed by atoms with Crippen LogP contribution in [-0.2, 0) is 20.0 Å². The number of nitrogens with one attached hydrogen (secondary N) is 1. The highest BCUT2D eigenvalue weighted by Crippen LogP contribution is 2.18. The Labute approximate surface area is 209 Å². The van der Waals surface area contributed by atoms with E-state index in [2.05, 4.69) is 5.32 Å². The van der Waals surface area contributed by atoms with Gasteiger partial charge in [-0.1, -0.05) is 71.8 Å². The topological polar surface area (TPSA) is 86.8 Å². The van der Waals surface area contributed by atoms with Gasteiger partial charge in [-0.05, 0) is 38.1 Å². The minimum atomic E-state index is -3.71. The van der Waals surface area contributed by atoms with Gasteiger partial charge in [0.25, 0.3) is 0 Å². The van der Waals surface area contributed by atoms with E-state index < -0.39 is 20.0 Å². The van der Waals surface area contributed by atoms with Crippen molar-refractivity contribution in [3.8, 4) is 0 Å². The number of aryl methyl sites for hydroxylation is 2. The Balaban J connectivity index is 1.85. The van der Waals surface area contributed by atoms with Crippen molar-refractivity contribution in [2.24, 2.45) is 0 Å². The fourth-order valence-electron chi connectivity index (χ4n) is 3.45. The molecule has 0 saturated heterocycles. The van der Waals surface area contributed by atoms with Crippen LogP contribution in [-0.4, -0.2) is 64.7 Å². The highest BCUT2D eigenvalue weighted by Gasteiger charge is 2.24. The zero-order valence-corrected chi connectivity index (χ0v) is 21.8. The Bertz CT molecular complexity index is 1170. The number of hydrogen-bond acceptors (Lipinski definition) is 5. The van der Waals surface area contributed by atoms with E-state index in [1.807, 2.05) is 38.2 Å². The van der Waals surface area contributed by atoms with Crippen LogP contribution in [0.25, 0.3) is 0 Å². The highest BCUT2D eigenvalue weighted by molar-refractivity contribution is 7.89. The second-order valence-electron chi connectivity index (χ2n) is 8.34. The molecular weight excluding hydrogens is 482 g/mol. The van der Waals surface area contributed by atoms with Gasteiger partial charge in [0.05, 0.1) is 9.79 Å². The molecule has 0 bridgehead atoms. The lowest BCUT2D eigenvalue weighted by molar-refractivity contribution is 0.465. The Morgan fingerprint density at radius 1 is 0.543 bits per heavy atom. The first-order valence-electron chi connectivity index (χ1n) is 11.5. The third kappa shape index (κ3) is 7.46. The van der Waals surface area contributed by atoms with Gasteiger partial charge < -0.3 is 5.32 Å². The lowest BCUT2D eigenvalue weighted by Gasteiger charge is -2.21. The molecule has 0 unspecified atom stereocenters. The summed E-state index contributed by atoms with van der Waals surface area (Å²) in [4.78, 5) is 0.461. The van der Waals surface area contributed by atoms with Crippen molar-refractivity contribution < 1.29 is 16.8 Å². The Kier molecular flexibility index (Phi) is 9.59. The van der Waals surface area contributed by atoms with Crippen LogP contribution in [0.15, 0.2) is 94.8 Å². The van der Waals surface area contributed by atoms with Gasteiger partial charge in [0, 0.05) is 39.3 Å². The van der Waals surface area contributed by atoms with Crippen LogP contribution in [0.1, 0.15) is 11.1 Å². The van der Waals surface area contributed by atoms with Gasteiger partial charge in [0.2, 0.25) is 20.0 Å². The minimum absolute atomic E-state index is 0.127. The van der Waals surface area contributed by atoms with Crippen molar-refractivity contribution in [3.63, 3.8) is 0 Å². The molecule has 2 aromatic rings. The summed E-state index contributed by atoms with van der Waals surface area (Å²) in [5.41, 5.74) is 1.96. The lowest BCUT2D eigenvalue weighted by Crippen LogP contribution is -2.33. The first-order chi connectivity index (χ1) is 16.7. The van der Waals surface area contributed by atoms with Crippen LogP contribution in [0.4, 0.5) is 0 Å². The zero-order chi connectivity index (χ0) is 25.3. The van der Waals surface area contributed by atoms with Gasteiger partial charge in [-0.15, -0.1) is 0 Å². The normalized spacial score (nSPS) is 20.4. The molecule has 2 aromatic carbocycles. The molecule has 0 amide bonds. The number of benzene rings is 2. The van der Waals surface area contributed by atoms with E-state index in [0.717, 1.165) is 11.1 Å². The zero-order valence-electron chi connectivity index (χ0n) is 20.2. The van der Waals surface area contributed by atoms with Gasteiger partial charge in [0.1, 0.15) is 0 Å². The van der Waals surface area contributed by atoms with Crippen molar-refractivity contribution >= 4 is 20.0 Å². The summed E-state index contributed by atoms with van der Waals surface area (Å²) in [5, 5.41) is 3.21. The molecule has 0 aromatic heterocycles. The van der Waals surface area contributed by atoms with Gasteiger partial charge in [-0.25, -0.2) is 16.8 Å². The summed E-state index contributed by atoms with van der Waals surface area (Å²) in [5.74, 6) is 0. The molecule has 1 heterocycles. The number of rotatable bonds is 4. The summed E-state index contributed by atoms with van der Waals surface area (Å²) in [6, 6.07) is 13.5. The smallest absolute Gasteiger partial charge is 0.243 e.